The predicted molar refractivity (Wildman–Crippen MR) is 72.3 cm³/mol. The molecule has 3 heteroatoms. The van der Waals surface area contributed by atoms with Gasteiger partial charge in [0.05, 0.1) is 0 Å². The van der Waals surface area contributed by atoms with E-state index in [4.69, 9.17) is 5.73 Å². The topological polar surface area (TPSA) is 26.0 Å². The zero-order chi connectivity index (χ0) is 12.4. The molecule has 2 rings (SSSR count). The van der Waals surface area contributed by atoms with E-state index in [1.165, 1.54) is 25.3 Å². The molecule has 0 aliphatic heterocycles. The number of rotatable bonds is 3. The van der Waals surface area contributed by atoms with E-state index < -0.39 is 0 Å². The molecule has 0 saturated heterocycles. The molecule has 0 amide bonds. The van der Waals surface area contributed by atoms with Gasteiger partial charge >= 0.3 is 0 Å². The second-order valence-corrected chi connectivity index (χ2v) is 6.09. The second-order valence-electron chi connectivity index (χ2n) is 5.18. The largest absolute Gasteiger partial charge is 0.327 e. The summed E-state index contributed by atoms with van der Waals surface area (Å²) >= 11 is 3.37. The van der Waals surface area contributed by atoms with Crippen LogP contribution >= 0.6 is 15.9 Å². The molecule has 2 N–H and O–H groups in total. The van der Waals surface area contributed by atoms with Crippen LogP contribution in [0.1, 0.15) is 31.7 Å². The lowest BCUT2D eigenvalue weighted by Gasteiger charge is -2.23. The molecule has 0 heterocycles. The number of benzene rings is 1. The fourth-order valence-electron chi connectivity index (χ4n) is 2.92. The van der Waals surface area contributed by atoms with Gasteiger partial charge in [-0.05, 0) is 48.4 Å². The van der Waals surface area contributed by atoms with E-state index >= 15 is 0 Å². The van der Waals surface area contributed by atoms with Crippen LogP contribution in [0.15, 0.2) is 22.7 Å². The van der Waals surface area contributed by atoms with Crippen LogP contribution in [-0.4, -0.2) is 6.04 Å². The van der Waals surface area contributed by atoms with E-state index in [1.807, 2.05) is 6.07 Å². The summed E-state index contributed by atoms with van der Waals surface area (Å²) in [5.74, 6) is 1.09. The van der Waals surface area contributed by atoms with Crippen LogP contribution in [0.2, 0.25) is 0 Å². The first-order valence-corrected chi connectivity index (χ1v) is 7.06. The Morgan fingerprint density at radius 1 is 1.47 bits per heavy atom. The number of hydrogen-bond acceptors (Lipinski definition) is 1. The van der Waals surface area contributed by atoms with Crippen molar-refractivity contribution in [3.05, 3.63) is 34.1 Å². The third-order valence-corrected chi connectivity index (χ3v) is 4.43. The lowest BCUT2D eigenvalue weighted by Crippen LogP contribution is -2.34. The Morgan fingerprint density at radius 3 is 2.88 bits per heavy atom. The van der Waals surface area contributed by atoms with Crippen LogP contribution in [-0.2, 0) is 6.42 Å². The molecule has 0 bridgehead atoms. The van der Waals surface area contributed by atoms with E-state index in [0.717, 1.165) is 10.0 Å². The van der Waals surface area contributed by atoms with Crippen molar-refractivity contribution in [3.8, 4) is 0 Å². The normalized spacial score (nSPS) is 26.1. The Morgan fingerprint density at radius 2 is 2.24 bits per heavy atom. The summed E-state index contributed by atoms with van der Waals surface area (Å²) in [6.45, 7) is 2.26. The Hall–Kier alpha value is -0.410. The minimum atomic E-state index is -0.144. The van der Waals surface area contributed by atoms with E-state index in [2.05, 4.69) is 22.9 Å². The van der Waals surface area contributed by atoms with Crippen molar-refractivity contribution in [2.24, 2.45) is 17.6 Å². The third kappa shape index (κ3) is 3.08. The van der Waals surface area contributed by atoms with Gasteiger partial charge < -0.3 is 5.73 Å². The van der Waals surface area contributed by atoms with Gasteiger partial charge in [0.2, 0.25) is 0 Å². The van der Waals surface area contributed by atoms with Gasteiger partial charge in [-0.25, -0.2) is 4.39 Å². The summed E-state index contributed by atoms with van der Waals surface area (Å²) in [6, 6.07) is 5.15. The number of hydrogen-bond donors (Lipinski definition) is 1. The third-order valence-electron chi connectivity index (χ3n) is 3.94. The fourth-order valence-corrected chi connectivity index (χ4v) is 3.32. The van der Waals surface area contributed by atoms with Crippen LogP contribution in [0, 0.1) is 17.7 Å². The molecule has 1 aliphatic carbocycles. The van der Waals surface area contributed by atoms with Crippen LogP contribution in [0.5, 0.6) is 0 Å². The van der Waals surface area contributed by atoms with E-state index in [-0.39, 0.29) is 11.9 Å². The van der Waals surface area contributed by atoms with Crippen molar-refractivity contribution in [2.75, 3.05) is 0 Å². The molecule has 1 aliphatic rings. The maximum absolute atomic E-state index is 13.6. The Labute approximate surface area is 111 Å². The molecule has 3 atom stereocenters. The molecule has 1 aromatic rings. The van der Waals surface area contributed by atoms with Crippen molar-refractivity contribution in [2.45, 2.75) is 38.6 Å². The van der Waals surface area contributed by atoms with Crippen molar-refractivity contribution in [1.82, 2.24) is 0 Å². The Balaban J connectivity index is 2.07. The van der Waals surface area contributed by atoms with Crippen LogP contribution < -0.4 is 5.73 Å². The van der Waals surface area contributed by atoms with Crippen LogP contribution in [0.25, 0.3) is 0 Å². The summed E-state index contributed by atoms with van der Waals surface area (Å²) < 4.78 is 14.6. The second kappa shape index (κ2) is 5.49. The zero-order valence-corrected chi connectivity index (χ0v) is 11.7. The van der Waals surface area contributed by atoms with Gasteiger partial charge in [0.1, 0.15) is 5.82 Å². The molecular formula is C14H19BrFN. The van der Waals surface area contributed by atoms with Gasteiger partial charge in [-0.1, -0.05) is 35.7 Å². The fraction of sp³-hybridized carbons (Fsp3) is 0.571. The van der Waals surface area contributed by atoms with Gasteiger partial charge in [-0.2, -0.15) is 0 Å². The summed E-state index contributed by atoms with van der Waals surface area (Å²) in [6.07, 6.45) is 4.36. The smallest absolute Gasteiger partial charge is 0.126 e. The molecule has 0 aromatic heterocycles. The van der Waals surface area contributed by atoms with Gasteiger partial charge in [0.15, 0.2) is 0 Å². The lowest BCUT2D eigenvalue weighted by atomic mass is 9.87. The van der Waals surface area contributed by atoms with Gasteiger partial charge in [-0.3, -0.25) is 0 Å². The maximum Gasteiger partial charge on any atom is 0.126 e. The summed E-state index contributed by atoms with van der Waals surface area (Å²) in [5, 5.41) is 0. The average Bonchev–Trinajstić information content (AvgIpc) is 2.70. The van der Waals surface area contributed by atoms with Gasteiger partial charge in [0.25, 0.3) is 0 Å². The first-order valence-electron chi connectivity index (χ1n) is 6.27. The van der Waals surface area contributed by atoms with Crippen LogP contribution in [0.3, 0.4) is 0 Å². The molecule has 1 fully saturated rings. The first kappa shape index (κ1) is 13.0. The predicted octanol–water partition coefficient (Wildman–Crippen LogP) is 3.89. The molecule has 1 aromatic carbocycles. The molecular weight excluding hydrogens is 281 g/mol. The van der Waals surface area contributed by atoms with Gasteiger partial charge in [-0.15, -0.1) is 0 Å². The summed E-state index contributed by atoms with van der Waals surface area (Å²) in [4.78, 5) is 0. The lowest BCUT2D eigenvalue weighted by molar-refractivity contribution is 0.341. The molecule has 0 radical (unpaired) electrons. The Bertz CT molecular complexity index is 394. The molecule has 3 unspecified atom stereocenters. The molecule has 17 heavy (non-hydrogen) atoms. The minimum Gasteiger partial charge on any atom is -0.327 e. The monoisotopic (exact) mass is 299 g/mol. The van der Waals surface area contributed by atoms with Crippen molar-refractivity contribution in [3.63, 3.8) is 0 Å². The number of nitrogens with two attached hydrogens (primary N) is 1. The molecule has 1 nitrogen and oxygen atoms in total. The summed E-state index contributed by atoms with van der Waals surface area (Å²) in [5.41, 5.74) is 6.97. The van der Waals surface area contributed by atoms with Crippen molar-refractivity contribution >= 4 is 15.9 Å². The Kier molecular flexibility index (Phi) is 4.21. The summed E-state index contributed by atoms with van der Waals surface area (Å²) in [7, 11) is 0. The number of halogens is 2. The first-order chi connectivity index (χ1) is 8.08. The van der Waals surface area contributed by atoms with Gasteiger partial charge in [0, 0.05) is 10.5 Å². The quantitative estimate of drug-likeness (QED) is 0.900. The standard InChI is InChI=1S/C14H19BrFN/c1-9-3-2-4-12(9)14(17)8-10-7-11(15)5-6-13(10)16/h5-7,9,12,14H,2-4,8,17H2,1H3. The highest BCUT2D eigenvalue weighted by molar-refractivity contribution is 9.10. The highest BCUT2D eigenvalue weighted by atomic mass is 79.9. The zero-order valence-electron chi connectivity index (χ0n) is 10.1. The molecule has 0 spiro atoms. The maximum atomic E-state index is 13.6. The minimum absolute atomic E-state index is 0.0799. The molecule has 1 saturated carbocycles. The average molecular weight is 300 g/mol. The van der Waals surface area contributed by atoms with E-state index in [1.54, 1.807) is 6.07 Å². The van der Waals surface area contributed by atoms with Crippen molar-refractivity contribution in [1.29, 1.82) is 0 Å². The van der Waals surface area contributed by atoms with Crippen molar-refractivity contribution < 1.29 is 4.39 Å². The highest BCUT2D eigenvalue weighted by Crippen LogP contribution is 2.34. The van der Waals surface area contributed by atoms with Crippen LogP contribution in [0.4, 0.5) is 4.39 Å². The highest BCUT2D eigenvalue weighted by Gasteiger charge is 2.29. The molecule has 94 valence electrons. The van der Waals surface area contributed by atoms with E-state index in [0.29, 0.717) is 18.3 Å². The SMILES string of the molecule is CC1CCCC1C(N)Cc1cc(Br)ccc1F. The van der Waals surface area contributed by atoms with E-state index in [9.17, 15) is 4.39 Å².